The zero-order valence-corrected chi connectivity index (χ0v) is 9.96. The van der Waals surface area contributed by atoms with Crippen LogP contribution in [0.3, 0.4) is 0 Å². The lowest BCUT2D eigenvalue weighted by Crippen LogP contribution is -2.00. The van der Waals surface area contributed by atoms with E-state index in [9.17, 15) is 4.79 Å². The van der Waals surface area contributed by atoms with Crippen molar-refractivity contribution in [1.82, 2.24) is 4.98 Å². The van der Waals surface area contributed by atoms with E-state index in [-0.39, 0.29) is 5.69 Å². The molecule has 2 aromatic rings. The SMILES string of the molecule is CCc1oc(/C=C/c2ccccc2)nc1C(=O)O. The Bertz CT molecular complexity index is 570. The lowest BCUT2D eigenvalue weighted by molar-refractivity contribution is 0.0689. The summed E-state index contributed by atoms with van der Waals surface area (Å²) in [5.41, 5.74) is 0.996. The van der Waals surface area contributed by atoms with Gasteiger partial charge in [-0.2, -0.15) is 0 Å². The Morgan fingerprint density at radius 3 is 2.61 bits per heavy atom. The first-order chi connectivity index (χ1) is 8.70. The molecule has 0 unspecified atom stereocenters. The van der Waals surface area contributed by atoms with Gasteiger partial charge in [0.25, 0.3) is 0 Å². The number of carboxylic acids is 1. The van der Waals surface area contributed by atoms with Crippen LogP contribution in [-0.4, -0.2) is 16.1 Å². The Morgan fingerprint density at radius 2 is 2.06 bits per heavy atom. The molecule has 0 spiro atoms. The van der Waals surface area contributed by atoms with Gasteiger partial charge in [-0.1, -0.05) is 37.3 Å². The number of carbonyl (C=O) groups is 1. The van der Waals surface area contributed by atoms with Gasteiger partial charge >= 0.3 is 5.97 Å². The summed E-state index contributed by atoms with van der Waals surface area (Å²) in [5.74, 6) is -0.349. The molecule has 0 amide bonds. The number of aromatic carboxylic acids is 1. The molecule has 0 saturated heterocycles. The number of rotatable bonds is 4. The number of carboxylic acid groups (broad SMARTS) is 1. The summed E-state index contributed by atoms with van der Waals surface area (Å²) in [6.07, 6.45) is 4.01. The molecule has 0 bridgehead atoms. The average Bonchev–Trinajstić information content (AvgIpc) is 2.81. The number of aryl methyl sites for hydroxylation is 1. The van der Waals surface area contributed by atoms with Crippen molar-refractivity contribution in [3.8, 4) is 0 Å². The minimum Gasteiger partial charge on any atom is -0.476 e. The summed E-state index contributed by atoms with van der Waals surface area (Å²) in [6.45, 7) is 1.83. The lowest BCUT2D eigenvalue weighted by Gasteiger charge is -1.89. The third-order valence-corrected chi connectivity index (χ3v) is 2.46. The Labute approximate surface area is 105 Å². The summed E-state index contributed by atoms with van der Waals surface area (Å²) < 4.78 is 5.37. The molecule has 2 rings (SSSR count). The molecule has 0 aliphatic carbocycles. The Hall–Kier alpha value is -2.36. The van der Waals surface area contributed by atoms with Crippen molar-refractivity contribution in [3.05, 3.63) is 53.2 Å². The zero-order valence-electron chi connectivity index (χ0n) is 9.96. The van der Waals surface area contributed by atoms with E-state index in [1.54, 1.807) is 6.08 Å². The fraction of sp³-hybridized carbons (Fsp3) is 0.143. The highest BCUT2D eigenvalue weighted by atomic mass is 16.4. The van der Waals surface area contributed by atoms with E-state index in [1.807, 2.05) is 43.3 Å². The molecule has 4 nitrogen and oxygen atoms in total. The van der Waals surface area contributed by atoms with E-state index in [2.05, 4.69) is 4.98 Å². The van der Waals surface area contributed by atoms with Crippen molar-refractivity contribution in [1.29, 1.82) is 0 Å². The second-order valence-corrected chi connectivity index (χ2v) is 3.73. The van der Waals surface area contributed by atoms with E-state index in [0.29, 0.717) is 18.1 Å². The minimum atomic E-state index is -1.06. The molecule has 0 radical (unpaired) electrons. The van der Waals surface area contributed by atoms with Gasteiger partial charge < -0.3 is 9.52 Å². The largest absolute Gasteiger partial charge is 0.476 e. The Morgan fingerprint density at radius 1 is 1.33 bits per heavy atom. The molecule has 18 heavy (non-hydrogen) atoms. The second kappa shape index (κ2) is 5.31. The quantitative estimate of drug-likeness (QED) is 0.896. The van der Waals surface area contributed by atoms with Crippen LogP contribution in [0.4, 0.5) is 0 Å². The van der Waals surface area contributed by atoms with Gasteiger partial charge in [0.2, 0.25) is 5.89 Å². The van der Waals surface area contributed by atoms with Gasteiger partial charge in [-0.25, -0.2) is 9.78 Å². The number of aromatic nitrogens is 1. The summed E-state index contributed by atoms with van der Waals surface area (Å²) >= 11 is 0. The number of hydrogen-bond donors (Lipinski definition) is 1. The first-order valence-electron chi connectivity index (χ1n) is 5.67. The predicted octanol–water partition coefficient (Wildman–Crippen LogP) is 3.11. The van der Waals surface area contributed by atoms with Crippen LogP contribution in [0.5, 0.6) is 0 Å². The fourth-order valence-electron chi connectivity index (χ4n) is 1.58. The number of hydrogen-bond acceptors (Lipinski definition) is 3. The Kier molecular flexibility index (Phi) is 3.57. The van der Waals surface area contributed by atoms with Crippen molar-refractivity contribution in [3.63, 3.8) is 0 Å². The van der Waals surface area contributed by atoms with Crippen LogP contribution in [0.25, 0.3) is 12.2 Å². The van der Waals surface area contributed by atoms with E-state index in [1.165, 1.54) is 0 Å². The molecule has 1 N–H and O–H groups in total. The van der Waals surface area contributed by atoms with E-state index < -0.39 is 5.97 Å². The Balaban J connectivity index is 2.25. The summed E-state index contributed by atoms with van der Waals surface area (Å²) in [7, 11) is 0. The van der Waals surface area contributed by atoms with Crippen LogP contribution in [0.1, 0.15) is 34.6 Å². The van der Waals surface area contributed by atoms with E-state index >= 15 is 0 Å². The van der Waals surface area contributed by atoms with Crippen LogP contribution in [0, 0.1) is 0 Å². The highest BCUT2D eigenvalue weighted by Crippen LogP contribution is 2.14. The number of nitrogens with zero attached hydrogens (tertiary/aromatic N) is 1. The smallest absolute Gasteiger partial charge is 0.358 e. The maximum atomic E-state index is 10.9. The van der Waals surface area contributed by atoms with Crippen molar-refractivity contribution in [2.75, 3.05) is 0 Å². The monoisotopic (exact) mass is 243 g/mol. The first kappa shape index (κ1) is 12.1. The minimum absolute atomic E-state index is 0.00906. The van der Waals surface area contributed by atoms with E-state index in [4.69, 9.17) is 9.52 Å². The first-order valence-corrected chi connectivity index (χ1v) is 5.67. The predicted molar refractivity (Wildman–Crippen MR) is 68.2 cm³/mol. The lowest BCUT2D eigenvalue weighted by atomic mass is 10.2. The van der Waals surface area contributed by atoms with Crippen LogP contribution in [-0.2, 0) is 6.42 Å². The van der Waals surface area contributed by atoms with Crippen LogP contribution < -0.4 is 0 Å². The second-order valence-electron chi connectivity index (χ2n) is 3.73. The van der Waals surface area contributed by atoms with Gasteiger partial charge in [-0.3, -0.25) is 0 Å². The van der Waals surface area contributed by atoms with Crippen molar-refractivity contribution < 1.29 is 14.3 Å². The van der Waals surface area contributed by atoms with Crippen LogP contribution in [0.2, 0.25) is 0 Å². The fourth-order valence-corrected chi connectivity index (χ4v) is 1.58. The molecular weight excluding hydrogens is 230 g/mol. The normalized spacial score (nSPS) is 10.9. The summed E-state index contributed by atoms with van der Waals surface area (Å²) in [4.78, 5) is 14.9. The molecular formula is C14H13NO3. The van der Waals surface area contributed by atoms with Gasteiger partial charge in [0.1, 0.15) is 5.76 Å². The van der Waals surface area contributed by atoms with Crippen molar-refractivity contribution in [2.45, 2.75) is 13.3 Å². The maximum absolute atomic E-state index is 10.9. The van der Waals surface area contributed by atoms with Crippen LogP contribution >= 0.6 is 0 Å². The molecule has 1 aromatic carbocycles. The topological polar surface area (TPSA) is 63.3 Å². The summed E-state index contributed by atoms with van der Waals surface area (Å²) in [5, 5.41) is 8.95. The standard InChI is InChI=1S/C14H13NO3/c1-2-11-13(14(16)17)15-12(18-11)9-8-10-6-4-3-5-7-10/h3-9H,2H2,1H3,(H,16,17)/b9-8+. The van der Waals surface area contributed by atoms with Gasteiger partial charge in [-0.05, 0) is 11.6 Å². The molecule has 4 heteroatoms. The molecule has 0 aliphatic rings. The molecule has 0 saturated carbocycles. The molecule has 0 aliphatic heterocycles. The van der Waals surface area contributed by atoms with Crippen molar-refractivity contribution in [2.24, 2.45) is 0 Å². The molecule has 0 fully saturated rings. The highest BCUT2D eigenvalue weighted by molar-refractivity contribution is 5.86. The molecule has 92 valence electrons. The van der Waals surface area contributed by atoms with Gasteiger partial charge in [-0.15, -0.1) is 0 Å². The highest BCUT2D eigenvalue weighted by Gasteiger charge is 2.16. The average molecular weight is 243 g/mol. The third-order valence-electron chi connectivity index (χ3n) is 2.46. The van der Waals surface area contributed by atoms with Gasteiger partial charge in [0, 0.05) is 12.5 Å². The van der Waals surface area contributed by atoms with E-state index in [0.717, 1.165) is 5.56 Å². The zero-order chi connectivity index (χ0) is 13.0. The van der Waals surface area contributed by atoms with Gasteiger partial charge in [0.05, 0.1) is 0 Å². The van der Waals surface area contributed by atoms with Gasteiger partial charge in [0.15, 0.2) is 5.69 Å². The number of oxazole rings is 1. The molecule has 0 atom stereocenters. The summed E-state index contributed by atoms with van der Waals surface area (Å²) in [6, 6.07) is 9.67. The van der Waals surface area contributed by atoms with Crippen LogP contribution in [0.15, 0.2) is 34.7 Å². The molecule has 1 heterocycles. The van der Waals surface area contributed by atoms with Crippen molar-refractivity contribution >= 4 is 18.1 Å². The third kappa shape index (κ3) is 2.66. The molecule has 1 aromatic heterocycles. The maximum Gasteiger partial charge on any atom is 0.358 e. The number of benzene rings is 1.